The number of pyridine rings is 1. The molecule has 2 aromatic heterocycles. The van der Waals surface area contributed by atoms with E-state index in [1.807, 2.05) is 49.4 Å². The molecule has 1 aliphatic carbocycles. The van der Waals surface area contributed by atoms with Gasteiger partial charge in [-0.3, -0.25) is 9.59 Å². The monoisotopic (exact) mass is 601 g/mol. The fraction of sp³-hybridized carbons (Fsp3) is 0.333. The zero-order valence-electron chi connectivity index (χ0n) is 24.8. The highest BCUT2D eigenvalue weighted by molar-refractivity contribution is 6.36. The van der Waals surface area contributed by atoms with Gasteiger partial charge in [0.25, 0.3) is 11.5 Å². The van der Waals surface area contributed by atoms with Gasteiger partial charge in [0.05, 0.1) is 29.6 Å². The van der Waals surface area contributed by atoms with E-state index < -0.39 is 11.5 Å². The lowest BCUT2D eigenvalue weighted by Gasteiger charge is -2.28. The number of halogens is 1. The lowest BCUT2D eigenvalue weighted by atomic mass is 9.92. The third kappa shape index (κ3) is 6.49. The number of carbonyl (C=O) groups is 1. The molecule has 9 nitrogen and oxygen atoms in total. The van der Waals surface area contributed by atoms with Crippen LogP contribution in [0.1, 0.15) is 52.9 Å². The average Bonchev–Trinajstić information content (AvgIpc) is 3.00. The highest BCUT2D eigenvalue weighted by Gasteiger charge is 2.23. The van der Waals surface area contributed by atoms with Gasteiger partial charge in [0.1, 0.15) is 5.56 Å². The largest absolute Gasteiger partial charge is 0.481 e. The first-order valence-electron chi connectivity index (χ1n) is 14.4. The molecule has 1 aliphatic rings. The van der Waals surface area contributed by atoms with E-state index in [4.69, 9.17) is 21.3 Å². The van der Waals surface area contributed by atoms with Crippen molar-refractivity contribution < 1.29 is 14.6 Å². The number of aromatic nitrogens is 3. The van der Waals surface area contributed by atoms with Gasteiger partial charge in [-0.05, 0) is 56.0 Å². The number of anilines is 1. The Morgan fingerprint density at radius 1 is 1.07 bits per heavy atom. The minimum atomic E-state index is -0.505. The van der Waals surface area contributed by atoms with Gasteiger partial charge >= 0.3 is 0 Å². The van der Waals surface area contributed by atoms with E-state index in [0.29, 0.717) is 34.5 Å². The molecule has 0 radical (unpaired) electrons. The predicted octanol–water partition coefficient (Wildman–Crippen LogP) is 5.43. The number of ether oxygens (including phenoxy) is 1. The number of aliphatic hydroxyl groups is 1. The van der Waals surface area contributed by atoms with Crippen LogP contribution in [0.5, 0.6) is 5.88 Å². The number of benzene rings is 2. The van der Waals surface area contributed by atoms with Gasteiger partial charge in [0.15, 0.2) is 0 Å². The molecular weight excluding hydrogens is 566 g/mol. The fourth-order valence-corrected chi connectivity index (χ4v) is 5.95. The first-order valence-corrected chi connectivity index (χ1v) is 14.8. The van der Waals surface area contributed by atoms with Crippen LogP contribution in [0, 0.1) is 13.8 Å². The number of hydrogen-bond donors (Lipinski definition) is 3. The standard InChI is InChI=1S/C33H36ClN5O4/c1-19-17-25(33(42)39(3)38-19)31(41)36-26-13-8-9-22(20(26)2)23-10-7-11-24(30(23)34)27-16-15-21(32(37-27)43-4)18-35-28-12-5-6-14-29(28)40/h7-11,13,15-17,28-29,35,40H,5-6,12,14,18H2,1-4H3,(H,36,41). The molecule has 0 bridgehead atoms. The summed E-state index contributed by atoms with van der Waals surface area (Å²) in [5.74, 6) is -0.00906. The molecule has 43 heavy (non-hydrogen) atoms. The second-order valence-electron chi connectivity index (χ2n) is 10.9. The molecule has 5 rings (SSSR count). The van der Waals surface area contributed by atoms with Crippen LogP contribution in [0.15, 0.2) is 59.4 Å². The number of hydrogen-bond acceptors (Lipinski definition) is 7. The van der Waals surface area contributed by atoms with Crippen molar-refractivity contribution in [2.24, 2.45) is 7.05 Å². The molecule has 0 spiro atoms. The Kier molecular flexibility index (Phi) is 9.25. The Hall–Kier alpha value is -4.05. The molecule has 2 unspecified atom stereocenters. The van der Waals surface area contributed by atoms with Crippen molar-refractivity contribution >= 4 is 23.2 Å². The fourth-order valence-electron chi connectivity index (χ4n) is 5.63. The molecular formula is C33H36ClN5O4. The topological polar surface area (TPSA) is 118 Å². The summed E-state index contributed by atoms with van der Waals surface area (Å²) in [6.07, 6.45) is 3.60. The first kappa shape index (κ1) is 30.4. The van der Waals surface area contributed by atoms with Gasteiger partial charge in [-0.2, -0.15) is 5.10 Å². The van der Waals surface area contributed by atoms with Gasteiger partial charge in [-0.25, -0.2) is 9.67 Å². The number of methoxy groups -OCH3 is 1. The number of aryl methyl sites for hydroxylation is 2. The molecule has 1 fully saturated rings. The van der Waals surface area contributed by atoms with Crippen LogP contribution in [0.4, 0.5) is 5.69 Å². The highest BCUT2D eigenvalue weighted by Crippen LogP contribution is 2.39. The van der Waals surface area contributed by atoms with E-state index in [-0.39, 0.29) is 17.7 Å². The lowest BCUT2D eigenvalue weighted by Crippen LogP contribution is -2.41. The second kappa shape index (κ2) is 13.1. The zero-order chi connectivity index (χ0) is 30.7. The van der Waals surface area contributed by atoms with Crippen molar-refractivity contribution in [3.8, 4) is 28.3 Å². The highest BCUT2D eigenvalue weighted by atomic mass is 35.5. The summed E-state index contributed by atoms with van der Waals surface area (Å²) in [5, 5.41) is 21.2. The van der Waals surface area contributed by atoms with E-state index in [1.165, 1.54) is 13.1 Å². The molecule has 3 N–H and O–H groups in total. The van der Waals surface area contributed by atoms with Crippen LogP contribution in [-0.2, 0) is 13.6 Å². The van der Waals surface area contributed by atoms with E-state index >= 15 is 0 Å². The molecule has 224 valence electrons. The number of nitrogens with zero attached hydrogens (tertiary/aromatic N) is 3. The summed E-state index contributed by atoms with van der Waals surface area (Å²) in [4.78, 5) is 30.4. The molecule has 10 heteroatoms. The third-order valence-electron chi connectivity index (χ3n) is 7.99. The van der Waals surface area contributed by atoms with Crippen LogP contribution < -0.4 is 20.9 Å². The summed E-state index contributed by atoms with van der Waals surface area (Å²) in [5.41, 5.74) is 5.41. The van der Waals surface area contributed by atoms with Crippen molar-refractivity contribution in [3.63, 3.8) is 0 Å². The van der Waals surface area contributed by atoms with Gasteiger partial charge in [-0.1, -0.05) is 60.8 Å². The van der Waals surface area contributed by atoms with Gasteiger partial charge in [0, 0.05) is 42.0 Å². The number of rotatable bonds is 8. The van der Waals surface area contributed by atoms with Crippen LogP contribution in [-0.4, -0.2) is 45.0 Å². The van der Waals surface area contributed by atoms with Crippen LogP contribution in [0.25, 0.3) is 22.4 Å². The third-order valence-corrected chi connectivity index (χ3v) is 8.40. The van der Waals surface area contributed by atoms with E-state index in [0.717, 1.165) is 58.2 Å². The summed E-state index contributed by atoms with van der Waals surface area (Å²) >= 11 is 7.01. The van der Waals surface area contributed by atoms with Crippen LogP contribution in [0.3, 0.4) is 0 Å². The van der Waals surface area contributed by atoms with E-state index in [2.05, 4.69) is 15.7 Å². The van der Waals surface area contributed by atoms with E-state index in [1.54, 1.807) is 20.1 Å². The Labute approximate surface area is 255 Å². The van der Waals surface area contributed by atoms with Gasteiger partial charge < -0.3 is 20.5 Å². The number of aliphatic hydroxyl groups excluding tert-OH is 1. The number of amides is 1. The molecule has 4 aromatic rings. The average molecular weight is 602 g/mol. The van der Waals surface area contributed by atoms with Crippen LogP contribution >= 0.6 is 11.6 Å². The molecule has 1 amide bonds. The Morgan fingerprint density at radius 2 is 1.79 bits per heavy atom. The van der Waals surface area contributed by atoms with Crippen LogP contribution in [0.2, 0.25) is 5.02 Å². The van der Waals surface area contributed by atoms with Crippen molar-refractivity contribution in [1.82, 2.24) is 20.1 Å². The SMILES string of the molecule is COc1nc(-c2cccc(-c3cccc(NC(=O)c4cc(C)nn(C)c4=O)c3C)c2Cl)ccc1CNC1CCCCC1O. The molecule has 0 aliphatic heterocycles. The summed E-state index contributed by atoms with van der Waals surface area (Å²) < 4.78 is 6.79. The first-order chi connectivity index (χ1) is 20.7. The van der Waals surface area contributed by atoms with Crippen molar-refractivity contribution in [1.29, 1.82) is 0 Å². The Morgan fingerprint density at radius 3 is 2.56 bits per heavy atom. The Bertz CT molecular complexity index is 1720. The predicted molar refractivity (Wildman–Crippen MR) is 169 cm³/mol. The smallest absolute Gasteiger partial charge is 0.279 e. The van der Waals surface area contributed by atoms with Crippen molar-refractivity contribution in [2.45, 2.75) is 58.2 Å². The minimum Gasteiger partial charge on any atom is -0.481 e. The zero-order valence-corrected chi connectivity index (χ0v) is 25.5. The Balaban J connectivity index is 1.41. The minimum absolute atomic E-state index is 0.0217. The summed E-state index contributed by atoms with van der Waals surface area (Å²) in [6, 6.07) is 16.8. The molecule has 2 heterocycles. The molecule has 2 atom stereocenters. The maximum atomic E-state index is 13.1. The number of nitrogens with one attached hydrogen (secondary N) is 2. The normalized spacial score (nSPS) is 16.6. The quantitative estimate of drug-likeness (QED) is 0.246. The van der Waals surface area contributed by atoms with E-state index in [9.17, 15) is 14.7 Å². The maximum Gasteiger partial charge on any atom is 0.279 e. The molecule has 1 saturated carbocycles. The molecule has 2 aromatic carbocycles. The number of carbonyl (C=O) groups excluding carboxylic acids is 1. The van der Waals surface area contributed by atoms with Gasteiger partial charge in [0.2, 0.25) is 5.88 Å². The molecule has 0 saturated heterocycles. The summed E-state index contributed by atoms with van der Waals surface area (Å²) in [7, 11) is 3.11. The van der Waals surface area contributed by atoms with Crippen molar-refractivity contribution in [3.05, 3.63) is 92.4 Å². The van der Waals surface area contributed by atoms with Gasteiger partial charge in [-0.15, -0.1) is 0 Å². The summed E-state index contributed by atoms with van der Waals surface area (Å²) in [6.45, 7) is 4.17. The lowest BCUT2D eigenvalue weighted by molar-refractivity contribution is 0.0901. The second-order valence-corrected chi connectivity index (χ2v) is 11.3. The van der Waals surface area contributed by atoms with Crippen molar-refractivity contribution in [2.75, 3.05) is 12.4 Å². The maximum absolute atomic E-state index is 13.1.